The summed E-state index contributed by atoms with van der Waals surface area (Å²) in [4.78, 5) is 8.07. The summed E-state index contributed by atoms with van der Waals surface area (Å²) in [6.07, 6.45) is 3.57. The van der Waals surface area contributed by atoms with E-state index in [2.05, 4.69) is 233 Å². The minimum Gasteiger partial charge on any atom is -0.334 e. The van der Waals surface area contributed by atoms with Gasteiger partial charge in [0, 0.05) is 50.9 Å². The fourth-order valence-corrected chi connectivity index (χ4v) is 11.8. The number of nitrogens with zero attached hydrogens (tertiary/aromatic N) is 3. The van der Waals surface area contributed by atoms with E-state index in [-0.39, 0.29) is 39.3 Å². The van der Waals surface area contributed by atoms with Crippen LogP contribution in [0.3, 0.4) is 0 Å². The summed E-state index contributed by atoms with van der Waals surface area (Å²) >= 11 is 0. The van der Waals surface area contributed by atoms with Crippen molar-refractivity contribution in [3.8, 4) is 0 Å². The van der Waals surface area contributed by atoms with Crippen molar-refractivity contribution in [2.75, 3.05) is 14.7 Å². The Bertz CT molecular complexity index is 2670. The number of anilines is 8. The Balaban J connectivity index is 1.36. The van der Waals surface area contributed by atoms with Crippen LogP contribution in [0.5, 0.6) is 0 Å². The summed E-state index contributed by atoms with van der Waals surface area (Å²) in [5.41, 5.74) is 21.0. The molecule has 1 saturated carbocycles. The van der Waals surface area contributed by atoms with Crippen molar-refractivity contribution in [2.24, 2.45) is 0 Å². The highest BCUT2D eigenvalue weighted by Gasteiger charge is 2.59. The average molecular weight is 830 g/mol. The molecule has 0 radical (unpaired) electrons. The lowest BCUT2D eigenvalue weighted by atomic mass is 9.33. The van der Waals surface area contributed by atoms with Crippen molar-refractivity contribution in [2.45, 2.75) is 149 Å². The van der Waals surface area contributed by atoms with Gasteiger partial charge in [0.1, 0.15) is 0 Å². The zero-order chi connectivity index (χ0) is 44.8. The van der Waals surface area contributed by atoms with E-state index in [0.29, 0.717) is 0 Å². The Morgan fingerprint density at radius 1 is 0.429 bits per heavy atom. The van der Waals surface area contributed by atoms with Gasteiger partial charge in [0.05, 0.1) is 5.54 Å². The van der Waals surface area contributed by atoms with E-state index >= 15 is 0 Å². The van der Waals surface area contributed by atoms with Crippen LogP contribution in [0, 0.1) is 0 Å². The lowest BCUT2D eigenvalue weighted by molar-refractivity contribution is 0.330. The van der Waals surface area contributed by atoms with E-state index in [4.69, 9.17) is 0 Å². The summed E-state index contributed by atoms with van der Waals surface area (Å²) in [7, 11) is 0. The minimum atomic E-state index is -0.0804. The van der Waals surface area contributed by atoms with Crippen molar-refractivity contribution >= 4 is 68.6 Å². The topological polar surface area (TPSA) is 9.72 Å². The number of hydrogen-bond donors (Lipinski definition) is 0. The van der Waals surface area contributed by atoms with Crippen molar-refractivity contribution in [1.29, 1.82) is 0 Å². The van der Waals surface area contributed by atoms with Crippen molar-refractivity contribution in [3.05, 3.63) is 149 Å². The summed E-state index contributed by atoms with van der Waals surface area (Å²) in [6.45, 7) is 33.3. The summed E-state index contributed by atoms with van der Waals surface area (Å²) < 4.78 is 0. The van der Waals surface area contributed by atoms with Crippen molar-refractivity contribution < 1.29 is 0 Å². The summed E-state index contributed by atoms with van der Waals surface area (Å²) in [5, 5.41) is 0. The first-order chi connectivity index (χ1) is 29.5. The van der Waals surface area contributed by atoms with Crippen molar-refractivity contribution in [3.63, 3.8) is 0 Å². The van der Waals surface area contributed by atoms with Crippen LogP contribution >= 0.6 is 0 Å². The molecule has 1 aliphatic carbocycles. The SMILES string of the molecule is CC(C)(C)c1cccc(N2c3cc(C(C)(C)C)ccc3B3c4ccc(C(C)(C)C)cc4N(c4cccc(C(C)(C)C)c4)c4cc(N5c6ccccc6C6(C)CCCC56C)cc2c43)c1. The Labute approximate surface area is 379 Å². The second-order valence-electron chi connectivity index (χ2n) is 24.0. The maximum Gasteiger partial charge on any atom is 0.252 e. The Morgan fingerprint density at radius 3 is 1.37 bits per heavy atom. The molecule has 0 bridgehead atoms. The molecule has 3 heterocycles. The molecule has 0 saturated heterocycles. The largest absolute Gasteiger partial charge is 0.334 e. The van der Waals surface area contributed by atoms with Crippen LogP contribution in [0.1, 0.15) is 144 Å². The third kappa shape index (κ3) is 6.28. The highest BCUT2D eigenvalue weighted by atomic mass is 15.3. The molecule has 0 N–H and O–H groups in total. The predicted molar refractivity (Wildman–Crippen MR) is 273 cm³/mol. The highest BCUT2D eigenvalue weighted by molar-refractivity contribution is 7.00. The monoisotopic (exact) mass is 830 g/mol. The number of benzene rings is 6. The molecule has 1 fully saturated rings. The maximum atomic E-state index is 2.77. The number of fused-ring (bicyclic) bond motifs is 7. The third-order valence-corrected chi connectivity index (χ3v) is 15.7. The fraction of sp³-hybridized carbons (Fsp3) is 0.390. The molecule has 3 aliphatic heterocycles. The smallest absolute Gasteiger partial charge is 0.252 e. The van der Waals surface area contributed by atoms with Gasteiger partial charge in [0.15, 0.2) is 0 Å². The first-order valence-corrected chi connectivity index (χ1v) is 23.7. The zero-order valence-electron chi connectivity index (χ0n) is 40.6. The molecular weight excluding hydrogens is 761 g/mol. The van der Waals surface area contributed by atoms with Gasteiger partial charge >= 0.3 is 0 Å². The van der Waals surface area contributed by atoms with Crippen LogP contribution in [0.4, 0.5) is 45.5 Å². The summed E-state index contributed by atoms with van der Waals surface area (Å²) in [6, 6.07) is 48.1. The lowest BCUT2D eigenvalue weighted by Crippen LogP contribution is -2.61. The highest BCUT2D eigenvalue weighted by Crippen LogP contribution is 2.63. The van der Waals surface area contributed by atoms with Gasteiger partial charge in [-0.05, 0) is 140 Å². The number of para-hydroxylation sites is 1. The van der Waals surface area contributed by atoms with Gasteiger partial charge in [-0.3, -0.25) is 0 Å². The van der Waals surface area contributed by atoms with Gasteiger partial charge in [-0.1, -0.05) is 163 Å². The van der Waals surface area contributed by atoms with Gasteiger partial charge in [0.25, 0.3) is 6.71 Å². The van der Waals surface area contributed by atoms with E-state index in [1.54, 1.807) is 0 Å². The van der Waals surface area contributed by atoms with Gasteiger partial charge < -0.3 is 14.7 Å². The molecule has 0 spiro atoms. The van der Waals surface area contributed by atoms with Gasteiger partial charge in [-0.25, -0.2) is 0 Å². The molecule has 322 valence electrons. The quantitative estimate of drug-likeness (QED) is 0.164. The molecule has 6 aromatic rings. The Kier molecular flexibility index (Phi) is 9.05. The van der Waals surface area contributed by atoms with Crippen LogP contribution < -0.4 is 31.1 Å². The standard InChI is InChI=1S/C59H68BN3/c1-54(2,3)38-20-17-22-42(32-38)61-49-34-40(56(7,8)9)26-28-46(49)60-47-29-27-41(57(10,11)12)35-50(47)62(43-23-18-21-39(33-43)55(4,5)6)52-37-44(36-51(61)53(52)60)63-48-25-16-15-24-45(48)58(13)30-19-31-59(58,63)14/h15-18,20-29,32-37H,19,30-31H2,1-14H3. The third-order valence-electron chi connectivity index (χ3n) is 15.7. The molecule has 0 aromatic heterocycles. The molecule has 4 heteroatoms. The molecule has 10 rings (SSSR count). The van der Waals surface area contributed by atoms with Crippen LogP contribution in [-0.4, -0.2) is 12.3 Å². The van der Waals surface area contributed by atoms with Crippen LogP contribution in [0.2, 0.25) is 0 Å². The van der Waals surface area contributed by atoms with Crippen molar-refractivity contribution in [1.82, 2.24) is 0 Å². The fourth-order valence-electron chi connectivity index (χ4n) is 11.8. The first-order valence-electron chi connectivity index (χ1n) is 23.7. The molecule has 4 aliphatic rings. The molecule has 63 heavy (non-hydrogen) atoms. The van der Waals surface area contributed by atoms with E-state index in [0.717, 1.165) is 6.42 Å². The van der Waals surface area contributed by atoms with Crippen LogP contribution in [0.15, 0.2) is 121 Å². The second-order valence-corrected chi connectivity index (χ2v) is 24.0. The van der Waals surface area contributed by atoms with E-state index in [9.17, 15) is 0 Å². The lowest BCUT2D eigenvalue weighted by Gasteiger charge is -2.47. The zero-order valence-corrected chi connectivity index (χ0v) is 40.6. The second kappa shape index (κ2) is 13.6. The summed E-state index contributed by atoms with van der Waals surface area (Å²) in [5.74, 6) is 0. The average Bonchev–Trinajstić information content (AvgIpc) is 3.62. The Morgan fingerprint density at radius 2 is 0.889 bits per heavy atom. The van der Waals surface area contributed by atoms with E-state index in [1.807, 2.05) is 0 Å². The number of hydrogen-bond acceptors (Lipinski definition) is 3. The normalized spacial score (nSPS) is 20.3. The molecule has 2 unspecified atom stereocenters. The minimum absolute atomic E-state index is 0.00888. The predicted octanol–water partition coefficient (Wildman–Crippen LogP) is 14.3. The van der Waals surface area contributed by atoms with Crippen LogP contribution in [0.25, 0.3) is 0 Å². The van der Waals surface area contributed by atoms with E-state index < -0.39 is 0 Å². The number of rotatable bonds is 3. The molecule has 3 nitrogen and oxygen atoms in total. The molecule has 6 aromatic carbocycles. The van der Waals surface area contributed by atoms with Gasteiger partial charge in [-0.2, -0.15) is 0 Å². The first kappa shape index (κ1) is 41.8. The maximum absolute atomic E-state index is 2.77. The van der Waals surface area contributed by atoms with Crippen LogP contribution in [-0.2, 0) is 27.1 Å². The van der Waals surface area contributed by atoms with Gasteiger partial charge in [-0.15, -0.1) is 0 Å². The molecule has 0 amide bonds. The van der Waals surface area contributed by atoms with E-state index in [1.165, 1.54) is 103 Å². The molecule has 2 atom stereocenters. The van der Waals surface area contributed by atoms with Gasteiger partial charge in [0.2, 0.25) is 0 Å². The Hall–Kier alpha value is -5.22. The molecular formula is C59H68BN3.